The number of aldehydes is 1. The lowest BCUT2D eigenvalue weighted by Crippen LogP contribution is -2.23. The van der Waals surface area contributed by atoms with Gasteiger partial charge in [-0.05, 0) is 12.8 Å². The first kappa shape index (κ1) is 20.1. The molecule has 0 aromatic rings. The summed E-state index contributed by atoms with van der Waals surface area (Å²) in [6, 6.07) is 0. The molecule has 0 radical (unpaired) electrons. The fraction of sp³-hybridized carbons (Fsp3) is 0.938. The molecular weight excluding hydrogens is 336 g/mol. The van der Waals surface area contributed by atoms with Crippen LogP contribution in [0.15, 0.2) is 0 Å². The standard InChI is InChI=1S/C16H30OS4/c1-3-5-7-14(13-17)18-9-11-20-16-15(8-6-4-2)19-10-12-21-16/h13-16H,3-12H2,1-2H3. The van der Waals surface area contributed by atoms with E-state index in [9.17, 15) is 4.79 Å². The minimum atomic E-state index is 0.231. The van der Waals surface area contributed by atoms with Crippen molar-refractivity contribution in [1.29, 1.82) is 0 Å². The van der Waals surface area contributed by atoms with E-state index in [1.807, 2.05) is 11.8 Å². The number of rotatable bonds is 12. The molecule has 1 aliphatic rings. The number of carbonyl (C=O) groups is 1. The van der Waals surface area contributed by atoms with E-state index in [2.05, 4.69) is 49.1 Å². The van der Waals surface area contributed by atoms with Crippen molar-refractivity contribution in [2.24, 2.45) is 0 Å². The summed E-state index contributed by atoms with van der Waals surface area (Å²) in [6.07, 6.45) is 8.64. The second-order valence-corrected chi connectivity index (χ2v) is 10.8. The van der Waals surface area contributed by atoms with Gasteiger partial charge in [-0.3, -0.25) is 0 Å². The predicted molar refractivity (Wildman–Crippen MR) is 106 cm³/mol. The quantitative estimate of drug-likeness (QED) is 0.330. The summed E-state index contributed by atoms with van der Waals surface area (Å²) in [5.74, 6) is 4.96. The maximum Gasteiger partial charge on any atom is 0.132 e. The lowest BCUT2D eigenvalue weighted by Gasteiger charge is -2.30. The van der Waals surface area contributed by atoms with Crippen molar-refractivity contribution in [2.75, 3.05) is 23.0 Å². The molecule has 0 aromatic heterocycles. The molecular formula is C16H30OS4. The molecule has 1 rings (SSSR count). The van der Waals surface area contributed by atoms with Gasteiger partial charge in [-0.15, -0.1) is 23.5 Å². The van der Waals surface area contributed by atoms with Gasteiger partial charge in [-0.1, -0.05) is 39.5 Å². The zero-order valence-corrected chi connectivity index (χ0v) is 16.7. The third-order valence-electron chi connectivity index (χ3n) is 3.53. The maximum atomic E-state index is 11.0. The molecule has 1 nitrogen and oxygen atoms in total. The van der Waals surface area contributed by atoms with Gasteiger partial charge in [0.25, 0.3) is 0 Å². The van der Waals surface area contributed by atoms with E-state index in [-0.39, 0.29) is 5.25 Å². The summed E-state index contributed by atoms with van der Waals surface area (Å²) in [4.78, 5) is 11.0. The first-order valence-corrected chi connectivity index (χ1v) is 12.4. The van der Waals surface area contributed by atoms with Crippen LogP contribution >= 0.6 is 47.0 Å². The normalized spacial score (nSPS) is 23.9. The monoisotopic (exact) mass is 366 g/mol. The van der Waals surface area contributed by atoms with E-state index in [4.69, 9.17) is 0 Å². The van der Waals surface area contributed by atoms with E-state index in [0.717, 1.165) is 28.3 Å². The summed E-state index contributed by atoms with van der Waals surface area (Å²) in [5, 5.41) is 1.08. The van der Waals surface area contributed by atoms with Crippen LogP contribution in [-0.2, 0) is 4.79 Å². The Morgan fingerprint density at radius 3 is 2.62 bits per heavy atom. The highest BCUT2D eigenvalue weighted by Crippen LogP contribution is 2.40. The van der Waals surface area contributed by atoms with Crippen LogP contribution in [0.4, 0.5) is 0 Å². The lowest BCUT2D eigenvalue weighted by atomic mass is 10.2. The number of carbonyl (C=O) groups excluding carboxylic acids is 1. The zero-order valence-electron chi connectivity index (χ0n) is 13.4. The Labute approximate surface area is 148 Å². The molecule has 5 heteroatoms. The van der Waals surface area contributed by atoms with Gasteiger partial charge in [0, 0.05) is 28.3 Å². The van der Waals surface area contributed by atoms with Crippen molar-refractivity contribution in [2.45, 2.75) is 67.5 Å². The van der Waals surface area contributed by atoms with Crippen molar-refractivity contribution in [3.8, 4) is 0 Å². The van der Waals surface area contributed by atoms with Gasteiger partial charge in [0.2, 0.25) is 0 Å². The first-order valence-electron chi connectivity index (χ1n) is 8.23. The highest BCUT2D eigenvalue weighted by molar-refractivity contribution is 8.19. The van der Waals surface area contributed by atoms with Gasteiger partial charge in [0.15, 0.2) is 0 Å². The molecule has 0 aromatic carbocycles. The number of unbranched alkanes of at least 4 members (excludes halogenated alkanes) is 2. The Morgan fingerprint density at radius 1 is 1.14 bits per heavy atom. The smallest absolute Gasteiger partial charge is 0.132 e. The summed E-state index contributed by atoms with van der Waals surface area (Å²) >= 11 is 8.35. The highest BCUT2D eigenvalue weighted by Gasteiger charge is 2.25. The van der Waals surface area contributed by atoms with Crippen LogP contribution in [0.3, 0.4) is 0 Å². The van der Waals surface area contributed by atoms with Crippen LogP contribution < -0.4 is 0 Å². The van der Waals surface area contributed by atoms with Gasteiger partial charge in [-0.2, -0.15) is 23.5 Å². The van der Waals surface area contributed by atoms with Crippen LogP contribution in [0.2, 0.25) is 0 Å². The Kier molecular flexibility index (Phi) is 12.9. The van der Waals surface area contributed by atoms with Gasteiger partial charge >= 0.3 is 0 Å². The largest absolute Gasteiger partial charge is 0.302 e. The van der Waals surface area contributed by atoms with Crippen molar-refractivity contribution in [3.63, 3.8) is 0 Å². The molecule has 21 heavy (non-hydrogen) atoms. The van der Waals surface area contributed by atoms with E-state index in [1.165, 1.54) is 49.4 Å². The minimum Gasteiger partial charge on any atom is -0.302 e. The number of hydrogen-bond acceptors (Lipinski definition) is 5. The van der Waals surface area contributed by atoms with Crippen molar-refractivity contribution in [1.82, 2.24) is 0 Å². The Hall–Kier alpha value is 1.07. The molecule has 0 amide bonds. The molecule has 1 saturated heterocycles. The predicted octanol–water partition coefficient (Wildman–Crippen LogP) is 5.58. The van der Waals surface area contributed by atoms with Crippen LogP contribution in [0.5, 0.6) is 0 Å². The van der Waals surface area contributed by atoms with Gasteiger partial charge in [0.1, 0.15) is 6.29 Å². The summed E-state index contributed by atoms with van der Waals surface area (Å²) in [7, 11) is 0. The van der Waals surface area contributed by atoms with Crippen LogP contribution in [0.25, 0.3) is 0 Å². The van der Waals surface area contributed by atoms with E-state index >= 15 is 0 Å². The Bertz CT molecular complexity index is 263. The Balaban J connectivity index is 2.18. The Morgan fingerprint density at radius 2 is 1.90 bits per heavy atom. The minimum absolute atomic E-state index is 0.231. The van der Waals surface area contributed by atoms with Crippen LogP contribution in [0, 0.1) is 0 Å². The highest BCUT2D eigenvalue weighted by atomic mass is 32.2. The van der Waals surface area contributed by atoms with Crippen molar-refractivity contribution < 1.29 is 4.79 Å². The molecule has 0 saturated carbocycles. The summed E-state index contributed by atoms with van der Waals surface area (Å²) < 4.78 is 0.779. The number of hydrogen-bond donors (Lipinski definition) is 0. The molecule has 0 N–H and O–H groups in total. The second kappa shape index (κ2) is 13.5. The molecule has 3 unspecified atom stereocenters. The van der Waals surface area contributed by atoms with Crippen molar-refractivity contribution >= 4 is 53.3 Å². The zero-order chi connectivity index (χ0) is 15.3. The first-order chi connectivity index (χ1) is 10.3. The molecule has 0 aliphatic carbocycles. The van der Waals surface area contributed by atoms with Gasteiger partial charge in [0.05, 0.1) is 9.83 Å². The van der Waals surface area contributed by atoms with E-state index in [1.54, 1.807) is 0 Å². The molecule has 3 atom stereocenters. The fourth-order valence-electron chi connectivity index (χ4n) is 2.29. The van der Waals surface area contributed by atoms with Gasteiger partial charge in [-0.25, -0.2) is 0 Å². The molecule has 1 heterocycles. The van der Waals surface area contributed by atoms with Crippen LogP contribution in [-0.4, -0.2) is 44.4 Å². The average Bonchev–Trinajstić information content (AvgIpc) is 2.53. The van der Waals surface area contributed by atoms with Gasteiger partial charge < -0.3 is 4.79 Å². The average molecular weight is 367 g/mol. The molecule has 0 spiro atoms. The molecule has 0 bridgehead atoms. The van der Waals surface area contributed by atoms with Crippen LogP contribution in [0.1, 0.15) is 52.4 Å². The SMILES string of the molecule is CCCCC(C=O)SCCSC1SCCSC1CCCC. The second-order valence-electron chi connectivity index (χ2n) is 5.35. The molecule has 124 valence electrons. The van der Waals surface area contributed by atoms with Crippen molar-refractivity contribution in [3.05, 3.63) is 0 Å². The summed E-state index contributed by atoms with van der Waals surface area (Å²) in [6.45, 7) is 4.48. The third kappa shape index (κ3) is 9.07. The number of thioether (sulfide) groups is 4. The van der Waals surface area contributed by atoms with E-state index < -0.39 is 0 Å². The fourth-order valence-corrected chi connectivity index (χ4v) is 8.41. The third-order valence-corrected chi connectivity index (χ3v) is 10.00. The topological polar surface area (TPSA) is 17.1 Å². The maximum absolute atomic E-state index is 11.0. The lowest BCUT2D eigenvalue weighted by molar-refractivity contribution is -0.107. The molecule has 1 fully saturated rings. The van der Waals surface area contributed by atoms with E-state index in [0.29, 0.717) is 0 Å². The summed E-state index contributed by atoms with van der Waals surface area (Å²) in [5.41, 5.74) is 0. The molecule has 1 aliphatic heterocycles.